The Morgan fingerprint density at radius 2 is 2.04 bits per heavy atom. The predicted molar refractivity (Wildman–Crippen MR) is 95.0 cm³/mol. The fourth-order valence-corrected chi connectivity index (χ4v) is 2.15. The molecule has 1 aromatic carbocycles. The zero-order chi connectivity index (χ0) is 18.4. The van der Waals surface area contributed by atoms with Crippen LogP contribution in [0.15, 0.2) is 36.5 Å². The van der Waals surface area contributed by atoms with Gasteiger partial charge >= 0.3 is 0 Å². The van der Waals surface area contributed by atoms with E-state index in [0.717, 1.165) is 18.5 Å². The van der Waals surface area contributed by atoms with Gasteiger partial charge in [0.05, 0.1) is 6.20 Å². The number of nitrogens with two attached hydrogens (primary N) is 1. The summed E-state index contributed by atoms with van der Waals surface area (Å²) in [6.07, 6.45) is 2.38. The Balaban J connectivity index is 1.93. The van der Waals surface area contributed by atoms with Crippen molar-refractivity contribution in [3.8, 4) is 11.5 Å². The molecule has 6 heteroatoms. The monoisotopic (exact) mass is 345 g/mol. The molecule has 1 aromatic heterocycles. The van der Waals surface area contributed by atoms with Crippen molar-refractivity contribution in [3.63, 3.8) is 0 Å². The number of aromatic nitrogens is 1. The zero-order valence-corrected chi connectivity index (χ0v) is 14.8. The Bertz CT molecular complexity index is 724. The summed E-state index contributed by atoms with van der Waals surface area (Å²) < 4.78 is 19.7. The van der Waals surface area contributed by atoms with Crippen LogP contribution >= 0.6 is 0 Å². The normalized spacial score (nSPS) is 11.4. The van der Waals surface area contributed by atoms with Crippen LogP contribution in [0.25, 0.3) is 0 Å². The van der Waals surface area contributed by atoms with E-state index in [-0.39, 0.29) is 16.9 Å². The highest BCUT2D eigenvalue weighted by Crippen LogP contribution is 2.25. The quantitative estimate of drug-likeness (QED) is 0.751. The van der Waals surface area contributed by atoms with Crippen LogP contribution in [0.4, 0.5) is 4.39 Å². The van der Waals surface area contributed by atoms with Crippen molar-refractivity contribution in [3.05, 3.63) is 53.6 Å². The number of amides is 1. The van der Waals surface area contributed by atoms with E-state index in [9.17, 15) is 9.18 Å². The highest BCUT2D eigenvalue weighted by molar-refractivity contribution is 5.90. The highest BCUT2D eigenvalue weighted by Gasteiger charge is 2.10. The minimum Gasteiger partial charge on any atom is -0.453 e. The van der Waals surface area contributed by atoms with Crippen LogP contribution in [-0.4, -0.2) is 17.4 Å². The average molecular weight is 345 g/mol. The predicted octanol–water partition coefficient (Wildman–Crippen LogP) is 3.64. The number of rotatable bonds is 7. The Kier molecular flexibility index (Phi) is 6.09. The largest absolute Gasteiger partial charge is 0.453 e. The van der Waals surface area contributed by atoms with Gasteiger partial charge in [-0.25, -0.2) is 9.37 Å². The number of primary amides is 1. The summed E-state index contributed by atoms with van der Waals surface area (Å²) in [4.78, 5) is 14.8. The second-order valence-corrected chi connectivity index (χ2v) is 7.10. The molecular weight excluding hydrogens is 321 g/mol. The van der Waals surface area contributed by atoms with Crippen LogP contribution in [0.5, 0.6) is 11.5 Å². The topological polar surface area (TPSA) is 77.2 Å². The van der Waals surface area contributed by atoms with Gasteiger partial charge in [-0.2, -0.15) is 0 Å². The van der Waals surface area contributed by atoms with Crippen molar-refractivity contribution in [1.82, 2.24) is 10.3 Å². The molecule has 0 saturated heterocycles. The van der Waals surface area contributed by atoms with Crippen molar-refractivity contribution >= 4 is 5.91 Å². The van der Waals surface area contributed by atoms with Crippen LogP contribution in [0, 0.1) is 11.2 Å². The summed E-state index contributed by atoms with van der Waals surface area (Å²) >= 11 is 0. The number of pyridine rings is 1. The van der Waals surface area contributed by atoms with Crippen molar-refractivity contribution in [2.45, 2.75) is 33.7 Å². The molecule has 134 valence electrons. The molecule has 2 rings (SSSR count). The summed E-state index contributed by atoms with van der Waals surface area (Å²) in [6, 6.07) is 7.80. The number of nitrogens with zero attached hydrogens (tertiary/aromatic N) is 1. The molecule has 0 aliphatic carbocycles. The summed E-state index contributed by atoms with van der Waals surface area (Å²) in [5.74, 6) is -0.637. The number of benzene rings is 1. The van der Waals surface area contributed by atoms with E-state index in [1.54, 1.807) is 6.07 Å². The van der Waals surface area contributed by atoms with Gasteiger partial charge in [-0.3, -0.25) is 4.79 Å². The van der Waals surface area contributed by atoms with Crippen LogP contribution in [-0.2, 0) is 6.54 Å². The van der Waals surface area contributed by atoms with Crippen molar-refractivity contribution < 1.29 is 13.9 Å². The van der Waals surface area contributed by atoms with Crippen LogP contribution in [0.2, 0.25) is 0 Å². The number of ether oxygens (including phenoxy) is 1. The van der Waals surface area contributed by atoms with E-state index < -0.39 is 11.7 Å². The molecule has 0 spiro atoms. The number of hydrogen-bond donors (Lipinski definition) is 2. The van der Waals surface area contributed by atoms with Crippen LogP contribution in [0.1, 0.15) is 43.2 Å². The third-order valence-electron chi connectivity index (χ3n) is 3.59. The van der Waals surface area contributed by atoms with Gasteiger partial charge in [-0.1, -0.05) is 26.8 Å². The van der Waals surface area contributed by atoms with E-state index in [1.807, 2.05) is 6.07 Å². The molecule has 5 nitrogen and oxygen atoms in total. The SMILES string of the molecule is CC(C)(C)CCNCc1ccc(Oc2ccc(C(N)=O)nc2)c(F)c1. The molecule has 2 aromatic rings. The van der Waals surface area contributed by atoms with E-state index in [0.29, 0.717) is 12.3 Å². The van der Waals surface area contributed by atoms with Gasteiger partial charge in [0.25, 0.3) is 5.91 Å². The maximum atomic E-state index is 14.2. The molecule has 0 bridgehead atoms. The minimum absolute atomic E-state index is 0.104. The van der Waals surface area contributed by atoms with Gasteiger partial charge in [-0.05, 0) is 48.2 Å². The maximum Gasteiger partial charge on any atom is 0.267 e. The lowest BCUT2D eigenvalue weighted by Gasteiger charge is -2.18. The average Bonchev–Trinajstić information content (AvgIpc) is 2.53. The second-order valence-electron chi connectivity index (χ2n) is 7.10. The number of halogens is 1. The Morgan fingerprint density at radius 1 is 1.28 bits per heavy atom. The smallest absolute Gasteiger partial charge is 0.267 e. The van der Waals surface area contributed by atoms with Crippen LogP contribution < -0.4 is 15.8 Å². The van der Waals surface area contributed by atoms with Gasteiger partial charge < -0.3 is 15.8 Å². The molecule has 0 unspecified atom stereocenters. The van der Waals surface area contributed by atoms with E-state index in [2.05, 4.69) is 31.1 Å². The first-order chi connectivity index (χ1) is 11.7. The van der Waals surface area contributed by atoms with E-state index >= 15 is 0 Å². The fourth-order valence-electron chi connectivity index (χ4n) is 2.15. The number of hydrogen-bond acceptors (Lipinski definition) is 4. The standard InChI is InChI=1S/C19H24FN3O2/c1-19(2,3)8-9-22-11-13-4-7-17(15(20)10-13)25-14-5-6-16(18(21)24)23-12-14/h4-7,10,12,22H,8-9,11H2,1-3H3,(H2,21,24). The maximum absolute atomic E-state index is 14.2. The molecule has 0 aliphatic heterocycles. The van der Waals surface area contributed by atoms with Crippen molar-refractivity contribution in [2.75, 3.05) is 6.54 Å². The minimum atomic E-state index is -0.624. The number of carbonyl (C=O) groups excluding carboxylic acids is 1. The Morgan fingerprint density at radius 3 is 2.60 bits per heavy atom. The zero-order valence-electron chi connectivity index (χ0n) is 14.8. The fraction of sp³-hybridized carbons (Fsp3) is 0.368. The molecule has 1 heterocycles. The molecule has 0 fully saturated rings. The summed E-state index contributed by atoms with van der Waals surface area (Å²) in [7, 11) is 0. The molecular formula is C19H24FN3O2. The first-order valence-corrected chi connectivity index (χ1v) is 8.17. The summed E-state index contributed by atoms with van der Waals surface area (Å²) in [5, 5.41) is 3.31. The first-order valence-electron chi connectivity index (χ1n) is 8.17. The molecule has 0 saturated carbocycles. The number of nitrogens with one attached hydrogen (secondary N) is 1. The van der Waals surface area contributed by atoms with Crippen LogP contribution in [0.3, 0.4) is 0 Å². The summed E-state index contributed by atoms with van der Waals surface area (Å²) in [5.41, 5.74) is 6.37. The Hall–Kier alpha value is -2.47. The lowest BCUT2D eigenvalue weighted by atomic mass is 9.92. The van der Waals surface area contributed by atoms with Gasteiger partial charge in [0.15, 0.2) is 11.6 Å². The van der Waals surface area contributed by atoms with Gasteiger partial charge in [0.1, 0.15) is 11.4 Å². The van der Waals surface area contributed by atoms with Gasteiger partial charge in [0.2, 0.25) is 0 Å². The van der Waals surface area contributed by atoms with Gasteiger partial charge in [0, 0.05) is 6.54 Å². The lowest BCUT2D eigenvalue weighted by molar-refractivity contribution is 0.0995. The van der Waals surface area contributed by atoms with E-state index in [1.165, 1.54) is 24.4 Å². The molecule has 25 heavy (non-hydrogen) atoms. The van der Waals surface area contributed by atoms with Crippen molar-refractivity contribution in [1.29, 1.82) is 0 Å². The van der Waals surface area contributed by atoms with Crippen molar-refractivity contribution in [2.24, 2.45) is 11.1 Å². The first kappa shape index (κ1) is 18.9. The molecule has 1 amide bonds. The lowest BCUT2D eigenvalue weighted by Crippen LogP contribution is -2.20. The second kappa shape index (κ2) is 8.07. The number of carbonyl (C=O) groups is 1. The molecule has 0 aliphatic rings. The third kappa shape index (κ3) is 6.15. The molecule has 0 radical (unpaired) electrons. The molecule has 0 atom stereocenters. The highest BCUT2D eigenvalue weighted by atomic mass is 19.1. The Labute approximate surface area is 147 Å². The third-order valence-corrected chi connectivity index (χ3v) is 3.59. The van der Waals surface area contributed by atoms with Gasteiger partial charge in [-0.15, -0.1) is 0 Å². The van der Waals surface area contributed by atoms with E-state index in [4.69, 9.17) is 10.5 Å². The molecule has 3 N–H and O–H groups in total. The summed E-state index contributed by atoms with van der Waals surface area (Å²) in [6.45, 7) is 8.03.